The molecule has 30 heavy (non-hydrogen) atoms. The number of nitrogens with one attached hydrogen (secondary N) is 1. The molecular weight excluding hydrogens is 396 g/mol. The highest BCUT2D eigenvalue weighted by atomic mass is 32.2. The molecule has 0 aliphatic carbocycles. The number of carbonyl (C=O) groups is 1. The smallest absolute Gasteiger partial charge is 0.266 e. The molecule has 0 spiro atoms. The van der Waals surface area contributed by atoms with Gasteiger partial charge in [-0.15, -0.1) is 0 Å². The lowest BCUT2D eigenvalue weighted by atomic mass is 10.1. The number of rotatable bonds is 8. The van der Waals surface area contributed by atoms with Crippen molar-refractivity contribution < 1.29 is 13.2 Å². The van der Waals surface area contributed by atoms with Gasteiger partial charge in [-0.3, -0.25) is 9.10 Å². The van der Waals surface area contributed by atoms with Gasteiger partial charge in [-0.25, -0.2) is 8.42 Å². The third kappa shape index (κ3) is 5.27. The van der Waals surface area contributed by atoms with Crippen molar-refractivity contribution in [2.24, 2.45) is 0 Å². The highest BCUT2D eigenvalue weighted by Crippen LogP contribution is 2.29. The number of sulfonamides is 1. The predicted molar refractivity (Wildman–Crippen MR) is 121 cm³/mol. The van der Waals surface area contributed by atoms with Crippen LogP contribution in [-0.2, 0) is 21.2 Å². The molecule has 3 aromatic carbocycles. The van der Waals surface area contributed by atoms with Crippen LogP contribution >= 0.6 is 0 Å². The summed E-state index contributed by atoms with van der Waals surface area (Å²) in [6.07, 6.45) is 1.44. The van der Waals surface area contributed by atoms with E-state index in [4.69, 9.17) is 0 Å². The molecule has 0 atom stereocenters. The normalized spacial score (nSPS) is 11.1. The van der Waals surface area contributed by atoms with Crippen LogP contribution in [0.15, 0.2) is 83.8 Å². The lowest BCUT2D eigenvalue weighted by molar-refractivity contribution is -0.114. The number of para-hydroxylation sites is 1. The minimum Gasteiger partial charge on any atom is -0.325 e. The number of anilines is 2. The van der Waals surface area contributed by atoms with Crippen LogP contribution in [0.5, 0.6) is 0 Å². The second-order valence-electron chi connectivity index (χ2n) is 7.18. The van der Waals surface area contributed by atoms with Crippen molar-refractivity contribution in [3.63, 3.8) is 0 Å². The van der Waals surface area contributed by atoms with E-state index in [9.17, 15) is 13.2 Å². The molecule has 156 valence electrons. The summed E-state index contributed by atoms with van der Waals surface area (Å²) in [7, 11) is -3.88. The SMILES string of the molecule is CC(=O)Nc1ccccc1S(=O)(=O)N(CCCc1ccccc1)c1ccc(C)cc1. The number of benzene rings is 3. The van der Waals surface area contributed by atoms with E-state index in [1.165, 1.54) is 17.3 Å². The van der Waals surface area contributed by atoms with Gasteiger partial charge < -0.3 is 5.32 Å². The molecule has 0 radical (unpaired) electrons. The molecule has 0 saturated heterocycles. The van der Waals surface area contributed by atoms with Gasteiger partial charge in [0.2, 0.25) is 5.91 Å². The molecule has 0 aliphatic rings. The minimum atomic E-state index is -3.88. The molecule has 3 aromatic rings. The highest BCUT2D eigenvalue weighted by molar-refractivity contribution is 7.93. The molecule has 0 bridgehead atoms. The summed E-state index contributed by atoms with van der Waals surface area (Å²) in [6.45, 7) is 3.65. The summed E-state index contributed by atoms with van der Waals surface area (Å²) >= 11 is 0. The number of amides is 1. The molecule has 3 rings (SSSR count). The monoisotopic (exact) mass is 422 g/mol. The van der Waals surface area contributed by atoms with Gasteiger partial charge in [0.15, 0.2) is 0 Å². The van der Waals surface area contributed by atoms with Crippen molar-refractivity contribution >= 4 is 27.3 Å². The number of carbonyl (C=O) groups excluding carboxylic acids is 1. The maximum Gasteiger partial charge on any atom is 0.266 e. The maximum atomic E-state index is 13.6. The fourth-order valence-electron chi connectivity index (χ4n) is 3.27. The molecule has 5 nitrogen and oxygen atoms in total. The molecule has 6 heteroatoms. The van der Waals surface area contributed by atoms with E-state index >= 15 is 0 Å². The van der Waals surface area contributed by atoms with E-state index in [0.717, 1.165) is 17.5 Å². The average Bonchev–Trinajstić information content (AvgIpc) is 2.72. The van der Waals surface area contributed by atoms with Crippen LogP contribution < -0.4 is 9.62 Å². The third-order valence-electron chi connectivity index (χ3n) is 4.76. The number of hydrogen-bond acceptors (Lipinski definition) is 3. The van der Waals surface area contributed by atoms with Crippen molar-refractivity contribution in [3.8, 4) is 0 Å². The fraction of sp³-hybridized carbons (Fsp3) is 0.208. The number of aryl methyl sites for hydroxylation is 2. The standard InChI is InChI=1S/C24H26N2O3S/c1-19-14-16-22(17-15-19)26(18-8-11-21-9-4-3-5-10-21)30(28,29)24-13-7-6-12-23(24)25-20(2)27/h3-7,9-10,12-17H,8,11,18H2,1-2H3,(H,25,27). The van der Waals surface area contributed by atoms with Gasteiger partial charge in [0.1, 0.15) is 4.90 Å². The summed E-state index contributed by atoms with van der Waals surface area (Å²) < 4.78 is 28.7. The Morgan fingerprint density at radius 3 is 2.20 bits per heavy atom. The Morgan fingerprint density at radius 2 is 1.53 bits per heavy atom. The second-order valence-corrected chi connectivity index (χ2v) is 9.01. The van der Waals surface area contributed by atoms with Gasteiger partial charge in [0, 0.05) is 13.5 Å². The molecule has 1 amide bonds. The lowest BCUT2D eigenvalue weighted by Gasteiger charge is -2.26. The second kappa shape index (κ2) is 9.59. The summed E-state index contributed by atoms with van der Waals surface area (Å²) in [5, 5.41) is 2.63. The van der Waals surface area contributed by atoms with E-state index in [0.29, 0.717) is 18.7 Å². The first kappa shape index (κ1) is 21.6. The molecule has 0 aliphatic heterocycles. The Balaban J connectivity index is 1.94. The van der Waals surface area contributed by atoms with E-state index in [1.54, 1.807) is 18.2 Å². The summed E-state index contributed by atoms with van der Waals surface area (Å²) in [4.78, 5) is 11.7. The van der Waals surface area contributed by atoms with E-state index in [-0.39, 0.29) is 16.5 Å². The molecule has 0 unspecified atom stereocenters. The van der Waals surface area contributed by atoms with Crippen LogP contribution in [-0.4, -0.2) is 20.9 Å². The molecule has 1 N–H and O–H groups in total. The number of hydrogen-bond donors (Lipinski definition) is 1. The van der Waals surface area contributed by atoms with Gasteiger partial charge in [-0.05, 0) is 49.6 Å². The fourth-order valence-corrected chi connectivity index (χ4v) is 4.93. The van der Waals surface area contributed by atoms with Crippen LogP contribution in [0.3, 0.4) is 0 Å². The van der Waals surface area contributed by atoms with Gasteiger partial charge in [-0.2, -0.15) is 0 Å². The number of nitrogens with zero attached hydrogens (tertiary/aromatic N) is 1. The molecule has 0 fully saturated rings. The predicted octanol–water partition coefficient (Wildman–Crippen LogP) is 4.78. The van der Waals surface area contributed by atoms with Crippen LogP contribution in [0.2, 0.25) is 0 Å². The Kier molecular flexibility index (Phi) is 6.90. The van der Waals surface area contributed by atoms with Crippen molar-refractivity contribution in [1.82, 2.24) is 0 Å². The third-order valence-corrected chi connectivity index (χ3v) is 6.64. The largest absolute Gasteiger partial charge is 0.325 e. The zero-order valence-electron chi connectivity index (χ0n) is 17.2. The van der Waals surface area contributed by atoms with Crippen molar-refractivity contribution in [2.75, 3.05) is 16.2 Å². The zero-order valence-corrected chi connectivity index (χ0v) is 18.0. The first-order valence-electron chi connectivity index (χ1n) is 9.88. The first-order chi connectivity index (χ1) is 14.4. The maximum absolute atomic E-state index is 13.6. The Hall–Kier alpha value is -3.12. The Morgan fingerprint density at radius 1 is 0.900 bits per heavy atom. The van der Waals surface area contributed by atoms with Gasteiger partial charge in [0.25, 0.3) is 10.0 Å². The van der Waals surface area contributed by atoms with Crippen LogP contribution in [0, 0.1) is 6.92 Å². The Bertz CT molecular complexity index is 1090. The average molecular weight is 423 g/mol. The van der Waals surface area contributed by atoms with Crippen LogP contribution in [0.4, 0.5) is 11.4 Å². The van der Waals surface area contributed by atoms with Crippen LogP contribution in [0.1, 0.15) is 24.5 Å². The Labute approximate surface area is 178 Å². The van der Waals surface area contributed by atoms with E-state index in [2.05, 4.69) is 5.32 Å². The van der Waals surface area contributed by atoms with Gasteiger partial charge in [-0.1, -0.05) is 60.2 Å². The minimum absolute atomic E-state index is 0.0838. The summed E-state index contributed by atoms with van der Waals surface area (Å²) in [5.41, 5.74) is 3.10. The van der Waals surface area contributed by atoms with E-state index < -0.39 is 10.0 Å². The van der Waals surface area contributed by atoms with Crippen molar-refractivity contribution in [2.45, 2.75) is 31.6 Å². The lowest BCUT2D eigenvalue weighted by Crippen LogP contribution is -2.33. The van der Waals surface area contributed by atoms with Crippen molar-refractivity contribution in [3.05, 3.63) is 90.0 Å². The first-order valence-corrected chi connectivity index (χ1v) is 11.3. The summed E-state index contributed by atoms with van der Waals surface area (Å²) in [5.74, 6) is -0.316. The topological polar surface area (TPSA) is 66.5 Å². The van der Waals surface area contributed by atoms with Crippen molar-refractivity contribution in [1.29, 1.82) is 0 Å². The molecule has 0 saturated carbocycles. The molecule has 0 heterocycles. The summed E-state index contributed by atoms with van der Waals surface area (Å²) in [6, 6.07) is 23.9. The quantitative estimate of drug-likeness (QED) is 0.568. The molecular formula is C24H26N2O3S. The van der Waals surface area contributed by atoms with Gasteiger partial charge in [0.05, 0.1) is 11.4 Å². The van der Waals surface area contributed by atoms with Crippen LogP contribution in [0.25, 0.3) is 0 Å². The van der Waals surface area contributed by atoms with E-state index in [1.807, 2.05) is 61.5 Å². The highest BCUT2D eigenvalue weighted by Gasteiger charge is 2.27. The van der Waals surface area contributed by atoms with Gasteiger partial charge >= 0.3 is 0 Å². The molecule has 0 aromatic heterocycles. The zero-order chi connectivity index (χ0) is 21.6.